The van der Waals surface area contributed by atoms with Crippen LogP contribution in [0.25, 0.3) is 22.1 Å². The molecule has 4 aliphatic rings. The highest BCUT2D eigenvalue weighted by molar-refractivity contribution is 6.04. The van der Waals surface area contributed by atoms with Crippen molar-refractivity contribution >= 4 is 33.9 Å². The van der Waals surface area contributed by atoms with E-state index in [9.17, 15) is 4.79 Å². The third kappa shape index (κ3) is 2.19. The van der Waals surface area contributed by atoms with Crippen molar-refractivity contribution in [3.8, 4) is 0 Å². The molecule has 4 aliphatic carbocycles. The second kappa shape index (κ2) is 5.27. The predicted molar refractivity (Wildman–Crippen MR) is 103 cm³/mol. The van der Waals surface area contributed by atoms with Gasteiger partial charge >= 0.3 is 0 Å². The minimum Gasteiger partial charge on any atom is -0.327 e. The normalized spacial score (nSPS) is 31.7. The van der Waals surface area contributed by atoms with Crippen LogP contribution in [0.4, 0.5) is 5.95 Å². The van der Waals surface area contributed by atoms with E-state index in [2.05, 4.69) is 20.5 Å². The Labute approximate surface area is 157 Å². The van der Waals surface area contributed by atoms with Crippen LogP contribution in [-0.2, 0) is 11.8 Å². The summed E-state index contributed by atoms with van der Waals surface area (Å²) in [6.45, 7) is 0. The summed E-state index contributed by atoms with van der Waals surface area (Å²) in [6.07, 6.45) is 7.09. The first-order valence-electron chi connectivity index (χ1n) is 10.0. The van der Waals surface area contributed by atoms with Crippen LogP contribution in [0.5, 0.6) is 0 Å². The Morgan fingerprint density at radius 2 is 1.74 bits per heavy atom. The van der Waals surface area contributed by atoms with Gasteiger partial charge in [-0.3, -0.25) is 10.1 Å². The van der Waals surface area contributed by atoms with Crippen LogP contribution in [-0.4, -0.2) is 25.7 Å². The highest BCUT2D eigenvalue weighted by Crippen LogP contribution is 2.60. The molecule has 0 saturated heterocycles. The third-order valence-corrected chi connectivity index (χ3v) is 7.25. The molecule has 0 spiro atoms. The first-order valence-corrected chi connectivity index (χ1v) is 10.0. The fraction of sp³-hybridized carbons (Fsp3) is 0.524. The quantitative estimate of drug-likeness (QED) is 0.756. The molecule has 1 amide bonds. The zero-order chi connectivity index (χ0) is 18.2. The maximum atomic E-state index is 13.2. The molecule has 6 heteroatoms. The number of fused-ring (bicyclic) bond motifs is 3. The summed E-state index contributed by atoms with van der Waals surface area (Å²) in [7, 11) is 1.98. The maximum absolute atomic E-state index is 13.2. The van der Waals surface area contributed by atoms with E-state index >= 15 is 0 Å². The molecule has 2 heterocycles. The van der Waals surface area contributed by atoms with Crippen molar-refractivity contribution in [1.82, 2.24) is 19.7 Å². The van der Waals surface area contributed by atoms with Crippen molar-refractivity contribution in [2.75, 3.05) is 5.32 Å². The minimum atomic E-state index is -0.202. The van der Waals surface area contributed by atoms with E-state index < -0.39 is 0 Å². The van der Waals surface area contributed by atoms with Crippen LogP contribution in [0.2, 0.25) is 0 Å². The van der Waals surface area contributed by atoms with Crippen LogP contribution in [0.3, 0.4) is 0 Å². The van der Waals surface area contributed by atoms with Crippen molar-refractivity contribution in [3.63, 3.8) is 0 Å². The monoisotopic (exact) mass is 361 g/mol. The smallest absolute Gasteiger partial charge is 0.251 e. The Morgan fingerprint density at radius 3 is 2.44 bits per heavy atom. The summed E-state index contributed by atoms with van der Waals surface area (Å²) < 4.78 is 2.01. The SMILES string of the molecule is Cn1c2ccccc2c2nnc(NC(=O)C34CC5CC(CC(C5)C3)C4)nc21. The number of hydrogen-bond acceptors (Lipinski definition) is 4. The first kappa shape index (κ1) is 15.5. The van der Waals surface area contributed by atoms with Crippen LogP contribution >= 0.6 is 0 Å². The van der Waals surface area contributed by atoms with Gasteiger partial charge in [0.25, 0.3) is 5.95 Å². The summed E-state index contributed by atoms with van der Waals surface area (Å²) in [5, 5.41) is 12.7. The van der Waals surface area contributed by atoms with Crippen molar-refractivity contribution < 1.29 is 4.79 Å². The number of amides is 1. The molecule has 2 aromatic heterocycles. The van der Waals surface area contributed by atoms with E-state index in [1.165, 1.54) is 19.3 Å². The van der Waals surface area contributed by atoms with Gasteiger partial charge in [-0.2, -0.15) is 4.98 Å². The van der Waals surface area contributed by atoms with Crippen molar-refractivity contribution in [2.45, 2.75) is 38.5 Å². The Hall–Kier alpha value is -2.50. The van der Waals surface area contributed by atoms with Crippen LogP contribution in [0.1, 0.15) is 38.5 Å². The van der Waals surface area contributed by atoms with Gasteiger partial charge in [-0.1, -0.05) is 18.2 Å². The average Bonchev–Trinajstić information content (AvgIpc) is 2.93. The summed E-state index contributed by atoms with van der Waals surface area (Å²) >= 11 is 0. The van der Waals surface area contributed by atoms with E-state index in [4.69, 9.17) is 0 Å². The van der Waals surface area contributed by atoms with Gasteiger partial charge in [-0.05, 0) is 62.3 Å². The molecule has 138 valence electrons. The van der Waals surface area contributed by atoms with E-state index in [0.29, 0.717) is 5.95 Å². The number of nitrogens with one attached hydrogen (secondary N) is 1. The molecule has 4 saturated carbocycles. The number of aromatic nitrogens is 4. The number of hydrogen-bond donors (Lipinski definition) is 1. The van der Waals surface area contributed by atoms with Crippen LogP contribution in [0, 0.1) is 23.2 Å². The summed E-state index contributed by atoms with van der Waals surface area (Å²) in [6, 6.07) is 8.07. The molecule has 0 atom stereocenters. The fourth-order valence-electron chi connectivity index (χ4n) is 6.48. The molecule has 27 heavy (non-hydrogen) atoms. The molecule has 7 rings (SSSR count). The lowest BCUT2D eigenvalue weighted by molar-refractivity contribution is -0.140. The van der Waals surface area contributed by atoms with Gasteiger partial charge in [-0.15, -0.1) is 10.2 Å². The van der Waals surface area contributed by atoms with Gasteiger partial charge in [0.1, 0.15) is 5.52 Å². The lowest BCUT2D eigenvalue weighted by Gasteiger charge is -2.55. The van der Waals surface area contributed by atoms with Gasteiger partial charge in [0.05, 0.1) is 10.9 Å². The number of aryl methyl sites for hydroxylation is 1. The molecule has 1 aromatic carbocycles. The molecule has 0 unspecified atom stereocenters. The maximum Gasteiger partial charge on any atom is 0.251 e. The van der Waals surface area contributed by atoms with Crippen molar-refractivity contribution in [2.24, 2.45) is 30.2 Å². The van der Waals surface area contributed by atoms with Crippen LogP contribution in [0.15, 0.2) is 24.3 Å². The highest BCUT2D eigenvalue weighted by Gasteiger charge is 2.54. The van der Waals surface area contributed by atoms with Crippen molar-refractivity contribution in [3.05, 3.63) is 24.3 Å². The second-order valence-electron chi connectivity index (χ2n) is 9.04. The van der Waals surface area contributed by atoms with E-state index in [1.807, 2.05) is 35.9 Å². The summed E-state index contributed by atoms with van der Waals surface area (Å²) in [5.74, 6) is 2.65. The third-order valence-electron chi connectivity index (χ3n) is 7.25. The Bertz CT molecular complexity index is 1050. The van der Waals surface area contributed by atoms with Gasteiger partial charge in [0.15, 0.2) is 5.65 Å². The molecule has 3 aromatic rings. The topological polar surface area (TPSA) is 72.7 Å². The molecule has 0 radical (unpaired) electrons. The first-order chi connectivity index (χ1) is 13.1. The summed E-state index contributed by atoms with van der Waals surface area (Å²) in [4.78, 5) is 17.9. The largest absolute Gasteiger partial charge is 0.327 e. The van der Waals surface area contributed by atoms with Gasteiger partial charge in [0, 0.05) is 12.4 Å². The lowest BCUT2D eigenvalue weighted by atomic mass is 9.49. The number of carbonyl (C=O) groups excluding carboxylic acids is 1. The van der Waals surface area contributed by atoms with Crippen molar-refractivity contribution in [1.29, 1.82) is 0 Å². The number of benzene rings is 1. The molecular weight excluding hydrogens is 338 g/mol. The van der Waals surface area contributed by atoms with E-state index in [1.54, 1.807) is 0 Å². The number of anilines is 1. The van der Waals surface area contributed by atoms with Gasteiger partial charge in [-0.25, -0.2) is 0 Å². The molecule has 1 N–H and O–H groups in total. The minimum absolute atomic E-state index is 0.113. The molecular formula is C21H23N5O. The zero-order valence-corrected chi connectivity index (χ0v) is 15.5. The summed E-state index contributed by atoms with van der Waals surface area (Å²) in [5.41, 5.74) is 2.40. The highest BCUT2D eigenvalue weighted by atomic mass is 16.2. The van der Waals surface area contributed by atoms with E-state index in [0.717, 1.165) is 59.1 Å². The molecule has 6 nitrogen and oxygen atoms in total. The standard InChI is InChI=1S/C21H23N5O/c1-26-16-5-3-2-4-15(16)17-18(26)22-20(25-24-17)23-19(27)21-9-12-6-13(10-21)8-14(7-12)11-21/h2-5,12-14H,6-11H2,1H3,(H,22,23,25,27). The van der Waals surface area contributed by atoms with Gasteiger partial charge in [0.2, 0.25) is 5.91 Å². The predicted octanol–water partition coefficient (Wildman–Crippen LogP) is 3.67. The van der Waals surface area contributed by atoms with E-state index in [-0.39, 0.29) is 11.3 Å². The number of nitrogens with zero attached hydrogens (tertiary/aromatic N) is 4. The lowest BCUT2D eigenvalue weighted by Crippen LogP contribution is -2.51. The fourth-order valence-corrected chi connectivity index (χ4v) is 6.48. The second-order valence-corrected chi connectivity index (χ2v) is 9.04. The Morgan fingerprint density at radius 1 is 1.07 bits per heavy atom. The number of carbonyl (C=O) groups is 1. The Balaban J connectivity index is 1.35. The number of para-hydroxylation sites is 1. The average molecular weight is 361 g/mol. The molecule has 0 aliphatic heterocycles. The molecule has 4 bridgehead atoms. The zero-order valence-electron chi connectivity index (χ0n) is 15.5. The number of rotatable bonds is 2. The van der Waals surface area contributed by atoms with Crippen LogP contribution < -0.4 is 5.32 Å². The Kier molecular flexibility index (Phi) is 3.04. The molecule has 4 fully saturated rings. The van der Waals surface area contributed by atoms with Gasteiger partial charge < -0.3 is 4.57 Å².